The predicted octanol–water partition coefficient (Wildman–Crippen LogP) is 2.56. The molecule has 130 valence electrons. The first-order valence-corrected chi connectivity index (χ1v) is 6.19. The molecule has 0 atom stereocenters. The lowest BCUT2D eigenvalue weighted by molar-refractivity contribution is -0.275. The van der Waals surface area contributed by atoms with Crippen LogP contribution in [0.4, 0.5) is 26.3 Å². The van der Waals surface area contributed by atoms with Gasteiger partial charge in [-0.15, -0.1) is 13.2 Å². The second kappa shape index (κ2) is 7.02. The molecule has 1 rings (SSSR count). The summed E-state index contributed by atoms with van der Waals surface area (Å²) in [6.07, 6.45) is -10.7. The van der Waals surface area contributed by atoms with E-state index in [9.17, 15) is 31.1 Å². The molecule has 0 aromatic carbocycles. The van der Waals surface area contributed by atoms with E-state index >= 15 is 0 Å². The molecule has 0 spiro atoms. The number of hydrogen-bond donors (Lipinski definition) is 1. The molecule has 0 fully saturated rings. The van der Waals surface area contributed by atoms with E-state index in [0.717, 1.165) is 0 Å². The Hall–Kier alpha value is -2.04. The van der Waals surface area contributed by atoms with Crippen LogP contribution in [0.1, 0.15) is 23.7 Å². The Morgan fingerprint density at radius 1 is 1.26 bits per heavy atom. The molecule has 0 saturated carbocycles. The molecule has 0 unspecified atom stereocenters. The highest BCUT2D eigenvalue weighted by atomic mass is 19.4. The van der Waals surface area contributed by atoms with E-state index in [1.54, 1.807) is 0 Å². The van der Waals surface area contributed by atoms with Crippen LogP contribution in [0.2, 0.25) is 0 Å². The number of nitrogens with two attached hydrogens (primary N) is 1. The maximum Gasteiger partial charge on any atom is 0.573 e. The second-order valence-electron chi connectivity index (χ2n) is 4.16. The third-order valence-electron chi connectivity index (χ3n) is 2.56. The first-order chi connectivity index (χ1) is 10.5. The minimum Gasteiger partial charge on any atom is -0.466 e. The fraction of sp³-hybridized carbons (Fsp3) is 0.500. The van der Waals surface area contributed by atoms with Gasteiger partial charge >= 0.3 is 18.5 Å². The lowest BCUT2D eigenvalue weighted by Crippen LogP contribution is -2.24. The normalized spacial score (nSPS) is 12.2. The van der Waals surface area contributed by atoms with E-state index in [1.165, 1.54) is 6.92 Å². The zero-order valence-corrected chi connectivity index (χ0v) is 11.7. The van der Waals surface area contributed by atoms with Gasteiger partial charge in [0.05, 0.1) is 24.3 Å². The van der Waals surface area contributed by atoms with Crippen molar-refractivity contribution >= 4 is 5.97 Å². The lowest BCUT2D eigenvalue weighted by Gasteiger charge is -2.19. The van der Waals surface area contributed by atoms with Crippen molar-refractivity contribution in [3.8, 4) is 5.75 Å². The number of rotatable bonds is 5. The Kier molecular flexibility index (Phi) is 5.81. The Labute approximate surface area is 126 Å². The molecule has 0 aliphatic rings. The molecular formula is C12H12F6N2O3. The molecule has 0 aliphatic heterocycles. The summed E-state index contributed by atoms with van der Waals surface area (Å²) in [6, 6.07) is 0. The topological polar surface area (TPSA) is 74.4 Å². The molecule has 0 amide bonds. The van der Waals surface area contributed by atoms with Crippen molar-refractivity contribution in [3.63, 3.8) is 0 Å². The molecule has 1 aromatic rings. The van der Waals surface area contributed by atoms with E-state index < -0.39 is 54.0 Å². The van der Waals surface area contributed by atoms with Crippen LogP contribution in [0, 0.1) is 0 Å². The highest BCUT2D eigenvalue weighted by molar-refractivity contribution is 5.73. The molecule has 2 N–H and O–H groups in total. The second-order valence-corrected chi connectivity index (χ2v) is 4.16. The van der Waals surface area contributed by atoms with Gasteiger partial charge in [-0.25, -0.2) is 0 Å². The first-order valence-electron chi connectivity index (χ1n) is 6.19. The molecule has 5 nitrogen and oxygen atoms in total. The minimum absolute atomic E-state index is 0.0569. The Morgan fingerprint density at radius 2 is 1.87 bits per heavy atom. The van der Waals surface area contributed by atoms with E-state index in [2.05, 4.69) is 14.5 Å². The monoisotopic (exact) mass is 346 g/mol. The van der Waals surface area contributed by atoms with Crippen LogP contribution in [-0.4, -0.2) is 23.9 Å². The highest BCUT2D eigenvalue weighted by Gasteiger charge is 2.39. The molecule has 0 bridgehead atoms. The molecule has 1 heterocycles. The van der Waals surface area contributed by atoms with Gasteiger partial charge in [-0.05, 0) is 6.92 Å². The number of ether oxygens (including phenoxy) is 2. The third-order valence-corrected chi connectivity index (χ3v) is 2.56. The van der Waals surface area contributed by atoms with Gasteiger partial charge in [0.1, 0.15) is 0 Å². The quantitative estimate of drug-likeness (QED) is 0.655. The zero-order chi connectivity index (χ0) is 17.8. The fourth-order valence-electron chi connectivity index (χ4n) is 1.73. The highest BCUT2D eigenvalue weighted by Crippen LogP contribution is 2.38. The van der Waals surface area contributed by atoms with E-state index in [-0.39, 0.29) is 6.61 Å². The number of carbonyl (C=O) groups excluding carboxylic acids is 1. The van der Waals surface area contributed by atoms with Crippen LogP contribution in [0.5, 0.6) is 5.75 Å². The average molecular weight is 346 g/mol. The predicted molar refractivity (Wildman–Crippen MR) is 64.2 cm³/mol. The van der Waals surface area contributed by atoms with E-state index in [4.69, 9.17) is 5.73 Å². The minimum atomic E-state index is -5.28. The van der Waals surface area contributed by atoms with Crippen LogP contribution in [0.3, 0.4) is 0 Å². The standard InChI is InChI=1S/C12H12F6N2O3/c1-2-22-9(21)3-8-10(23-12(16,17)18)6(4-19)7(5-20-8)11(13,14)15/h5H,2-4,19H2,1H3. The summed E-state index contributed by atoms with van der Waals surface area (Å²) in [7, 11) is 0. The van der Waals surface area contributed by atoms with Gasteiger partial charge in [-0.1, -0.05) is 0 Å². The fourth-order valence-corrected chi connectivity index (χ4v) is 1.73. The van der Waals surface area contributed by atoms with Gasteiger partial charge in [0.15, 0.2) is 5.75 Å². The third kappa shape index (κ3) is 5.27. The summed E-state index contributed by atoms with van der Waals surface area (Å²) in [6.45, 7) is 0.508. The molecule has 1 aromatic heterocycles. The summed E-state index contributed by atoms with van der Waals surface area (Å²) in [5, 5.41) is 0. The summed E-state index contributed by atoms with van der Waals surface area (Å²) < 4.78 is 84.1. The number of esters is 1. The largest absolute Gasteiger partial charge is 0.573 e. The van der Waals surface area contributed by atoms with Gasteiger partial charge in [-0.3, -0.25) is 9.78 Å². The van der Waals surface area contributed by atoms with E-state index in [0.29, 0.717) is 6.20 Å². The van der Waals surface area contributed by atoms with Gasteiger partial charge < -0.3 is 15.2 Å². The molecule has 0 saturated heterocycles. The average Bonchev–Trinajstić information content (AvgIpc) is 2.37. The van der Waals surface area contributed by atoms with Crippen LogP contribution >= 0.6 is 0 Å². The first kappa shape index (κ1) is 19.0. The maximum atomic E-state index is 12.8. The van der Waals surface area contributed by atoms with Crippen molar-refractivity contribution in [2.75, 3.05) is 6.61 Å². The number of carbonyl (C=O) groups is 1. The molecule has 11 heteroatoms. The Balaban J connectivity index is 3.43. The van der Waals surface area contributed by atoms with Gasteiger partial charge in [0.25, 0.3) is 0 Å². The summed E-state index contributed by atoms with van der Waals surface area (Å²) in [5.41, 5.74) is 2.08. The number of nitrogens with zero attached hydrogens (tertiary/aromatic N) is 1. The van der Waals surface area contributed by atoms with Gasteiger partial charge in [0.2, 0.25) is 0 Å². The SMILES string of the molecule is CCOC(=O)Cc1ncc(C(F)(F)F)c(CN)c1OC(F)(F)F. The van der Waals surface area contributed by atoms with Gasteiger partial charge in [0, 0.05) is 18.3 Å². The van der Waals surface area contributed by atoms with Crippen molar-refractivity contribution in [3.05, 3.63) is 23.0 Å². The number of hydrogen-bond acceptors (Lipinski definition) is 5. The number of halogens is 6. The molecule has 23 heavy (non-hydrogen) atoms. The number of pyridine rings is 1. The number of alkyl halides is 6. The van der Waals surface area contributed by atoms with Crippen LogP contribution in [-0.2, 0) is 28.7 Å². The van der Waals surface area contributed by atoms with Crippen molar-refractivity contribution in [1.82, 2.24) is 4.98 Å². The summed E-state index contributed by atoms with van der Waals surface area (Å²) in [4.78, 5) is 14.6. The summed E-state index contributed by atoms with van der Waals surface area (Å²) in [5.74, 6) is -2.20. The van der Waals surface area contributed by atoms with Crippen molar-refractivity contribution < 1.29 is 40.6 Å². The lowest BCUT2D eigenvalue weighted by atomic mass is 10.1. The van der Waals surface area contributed by atoms with Gasteiger partial charge in [-0.2, -0.15) is 13.2 Å². The summed E-state index contributed by atoms with van der Waals surface area (Å²) >= 11 is 0. The maximum absolute atomic E-state index is 12.8. The zero-order valence-electron chi connectivity index (χ0n) is 11.7. The molecule has 0 radical (unpaired) electrons. The van der Waals surface area contributed by atoms with Crippen molar-refractivity contribution in [2.24, 2.45) is 5.73 Å². The Morgan fingerprint density at radius 3 is 2.30 bits per heavy atom. The van der Waals surface area contributed by atoms with Crippen LogP contribution in [0.15, 0.2) is 6.20 Å². The Bertz CT molecular complexity index is 571. The smallest absolute Gasteiger partial charge is 0.466 e. The van der Waals surface area contributed by atoms with Crippen molar-refractivity contribution in [1.29, 1.82) is 0 Å². The molecule has 0 aliphatic carbocycles. The number of aromatic nitrogens is 1. The van der Waals surface area contributed by atoms with Crippen LogP contribution < -0.4 is 10.5 Å². The van der Waals surface area contributed by atoms with Crippen molar-refractivity contribution in [2.45, 2.75) is 32.4 Å². The van der Waals surface area contributed by atoms with E-state index in [1.807, 2.05) is 0 Å². The van der Waals surface area contributed by atoms with Crippen LogP contribution in [0.25, 0.3) is 0 Å². The molecular weight excluding hydrogens is 334 g/mol.